The maximum absolute atomic E-state index is 13.2. The number of methoxy groups -OCH3 is 1. The Bertz CT molecular complexity index is 468. The summed E-state index contributed by atoms with van der Waals surface area (Å²) in [5, 5.41) is 1.12. The molecular formula is C11H10ClF2NO3. The molecule has 1 aromatic rings. The number of carbonyl (C=O) groups is 2. The third kappa shape index (κ3) is 3.66. The molecule has 1 rings (SSSR count). The van der Waals surface area contributed by atoms with E-state index in [2.05, 4.69) is 10.1 Å². The van der Waals surface area contributed by atoms with Gasteiger partial charge in [0.15, 0.2) is 0 Å². The first kappa shape index (κ1) is 14.4. The number of alkyl halides is 1. The second kappa shape index (κ2) is 6.30. The second-order valence-electron chi connectivity index (χ2n) is 3.32. The normalized spacial score (nSPS) is 11.8. The third-order valence-corrected chi connectivity index (χ3v) is 2.40. The Kier molecular flexibility index (Phi) is 5.03. The van der Waals surface area contributed by atoms with E-state index in [1.807, 2.05) is 0 Å². The topological polar surface area (TPSA) is 55.4 Å². The van der Waals surface area contributed by atoms with Crippen molar-refractivity contribution >= 4 is 23.5 Å². The van der Waals surface area contributed by atoms with Gasteiger partial charge in [0.2, 0.25) is 0 Å². The summed E-state index contributed by atoms with van der Waals surface area (Å²) < 4.78 is 30.4. The van der Waals surface area contributed by atoms with Crippen LogP contribution in [-0.4, -0.2) is 30.9 Å². The van der Waals surface area contributed by atoms with Gasteiger partial charge in [-0.15, -0.1) is 11.6 Å². The summed E-state index contributed by atoms with van der Waals surface area (Å²) in [7, 11) is 1.14. The van der Waals surface area contributed by atoms with Gasteiger partial charge in [0, 0.05) is 6.54 Å². The molecule has 0 aromatic heterocycles. The molecule has 0 bridgehead atoms. The van der Waals surface area contributed by atoms with Crippen molar-refractivity contribution in [1.82, 2.24) is 5.32 Å². The number of hydrogen-bond acceptors (Lipinski definition) is 3. The zero-order chi connectivity index (χ0) is 13.7. The maximum atomic E-state index is 13.2. The van der Waals surface area contributed by atoms with Crippen molar-refractivity contribution in [3.05, 3.63) is 35.4 Å². The van der Waals surface area contributed by atoms with Crippen LogP contribution in [0.2, 0.25) is 0 Å². The summed E-state index contributed by atoms with van der Waals surface area (Å²) >= 11 is 5.58. The van der Waals surface area contributed by atoms with Crippen LogP contribution in [0.15, 0.2) is 18.2 Å². The molecule has 1 N–H and O–H groups in total. The van der Waals surface area contributed by atoms with Gasteiger partial charge >= 0.3 is 5.97 Å². The lowest BCUT2D eigenvalue weighted by Crippen LogP contribution is -2.34. The Balaban J connectivity index is 2.66. The van der Waals surface area contributed by atoms with E-state index in [1.165, 1.54) is 0 Å². The van der Waals surface area contributed by atoms with Gasteiger partial charge in [-0.25, -0.2) is 8.78 Å². The summed E-state index contributed by atoms with van der Waals surface area (Å²) in [6, 6.07) is 2.49. The molecule has 1 unspecified atom stereocenters. The first-order valence-corrected chi connectivity index (χ1v) is 5.34. The molecule has 0 heterocycles. The molecule has 18 heavy (non-hydrogen) atoms. The fourth-order valence-electron chi connectivity index (χ4n) is 1.16. The molecule has 1 amide bonds. The van der Waals surface area contributed by atoms with E-state index < -0.39 is 34.5 Å². The van der Waals surface area contributed by atoms with Crippen molar-refractivity contribution < 1.29 is 23.1 Å². The first-order valence-electron chi connectivity index (χ1n) is 4.91. The molecule has 1 atom stereocenters. The number of amides is 1. The van der Waals surface area contributed by atoms with Crippen LogP contribution < -0.4 is 5.32 Å². The average Bonchev–Trinajstić information content (AvgIpc) is 2.37. The van der Waals surface area contributed by atoms with Crippen LogP contribution in [0.3, 0.4) is 0 Å². The Hall–Kier alpha value is -1.69. The van der Waals surface area contributed by atoms with Crippen molar-refractivity contribution in [1.29, 1.82) is 0 Å². The smallest absolute Gasteiger partial charge is 0.325 e. The molecule has 98 valence electrons. The lowest BCUT2D eigenvalue weighted by atomic mass is 10.2. The zero-order valence-corrected chi connectivity index (χ0v) is 10.1. The predicted molar refractivity (Wildman–Crippen MR) is 60.3 cm³/mol. The summed E-state index contributed by atoms with van der Waals surface area (Å²) in [6.45, 7) is -0.247. The van der Waals surface area contributed by atoms with Gasteiger partial charge in [0.1, 0.15) is 17.0 Å². The van der Waals surface area contributed by atoms with E-state index >= 15 is 0 Å². The van der Waals surface area contributed by atoms with Crippen LogP contribution in [0.4, 0.5) is 8.78 Å². The summed E-state index contributed by atoms with van der Waals surface area (Å²) in [5.41, 5.74) is -0.455. The van der Waals surface area contributed by atoms with Gasteiger partial charge in [-0.05, 0) is 18.2 Å². The van der Waals surface area contributed by atoms with Gasteiger partial charge in [-0.1, -0.05) is 0 Å². The highest BCUT2D eigenvalue weighted by atomic mass is 35.5. The van der Waals surface area contributed by atoms with Crippen molar-refractivity contribution in [2.24, 2.45) is 0 Å². The monoisotopic (exact) mass is 277 g/mol. The fraction of sp³-hybridized carbons (Fsp3) is 0.273. The van der Waals surface area contributed by atoms with E-state index in [4.69, 9.17) is 11.6 Å². The number of benzene rings is 1. The minimum Gasteiger partial charge on any atom is -0.468 e. The van der Waals surface area contributed by atoms with Gasteiger partial charge in [0.05, 0.1) is 12.7 Å². The Labute approximate surface area is 107 Å². The molecule has 0 aliphatic carbocycles. The molecule has 0 aliphatic heterocycles. The molecule has 0 spiro atoms. The molecule has 0 saturated carbocycles. The largest absolute Gasteiger partial charge is 0.468 e. The molecule has 0 aliphatic rings. The molecule has 1 aromatic carbocycles. The molecule has 0 radical (unpaired) electrons. The predicted octanol–water partition coefficient (Wildman–Crippen LogP) is 1.47. The first-order chi connectivity index (χ1) is 8.45. The minimum atomic E-state index is -1.09. The zero-order valence-electron chi connectivity index (χ0n) is 9.38. The summed E-state index contributed by atoms with van der Waals surface area (Å²) in [5.74, 6) is -3.19. The number of ether oxygens (including phenoxy) is 1. The average molecular weight is 278 g/mol. The van der Waals surface area contributed by atoms with Gasteiger partial charge < -0.3 is 10.1 Å². The van der Waals surface area contributed by atoms with Crippen molar-refractivity contribution in [3.63, 3.8) is 0 Å². The summed E-state index contributed by atoms with van der Waals surface area (Å²) in [4.78, 5) is 22.4. The van der Waals surface area contributed by atoms with Crippen LogP contribution in [0.25, 0.3) is 0 Å². The van der Waals surface area contributed by atoms with Crippen molar-refractivity contribution in [2.45, 2.75) is 5.38 Å². The van der Waals surface area contributed by atoms with Crippen LogP contribution in [0, 0.1) is 11.6 Å². The molecule has 0 fully saturated rings. The van der Waals surface area contributed by atoms with E-state index in [-0.39, 0.29) is 6.54 Å². The quantitative estimate of drug-likeness (QED) is 0.670. The van der Waals surface area contributed by atoms with Crippen LogP contribution in [0.5, 0.6) is 0 Å². The highest BCUT2D eigenvalue weighted by Crippen LogP contribution is 2.09. The second-order valence-corrected chi connectivity index (χ2v) is 3.85. The number of hydrogen-bond donors (Lipinski definition) is 1. The standard InChI is InChI=1S/C11H10ClF2NO3/c1-18-11(17)8(12)5-15-10(16)7-4-6(13)2-3-9(7)14/h2-4,8H,5H2,1H3,(H,15,16). The Morgan fingerprint density at radius 3 is 2.72 bits per heavy atom. The summed E-state index contributed by atoms with van der Waals surface area (Å²) in [6.07, 6.45) is 0. The van der Waals surface area contributed by atoms with E-state index in [9.17, 15) is 18.4 Å². The lowest BCUT2D eigenvalue weighted by molar-refractivity contribution is -0.140. The van der Waals surface area contributed by atoms with E-state index in [1.54, 1.807) is 0 Å². The SMILES string of the molecule is COC(=O)C(Cl)CNC(=O)c1cc(F)ccc1F. The minimum absolute atomic E-state index is 0.247. The van der Waals surface area contributed by atoms with Crippen LogP contribution in [-0.2, 0) is 9.53 Å². The van der Waals surface area contributed by atoms with Crippen molar-refractivity contribution in [2.75, 3.05) is 13.7 Å². The third-order valence-electron chi connectivity index (χ3n) is 2.07. The maximum Gasteiger partial charge on any atom is 0.325 e. The number of rotatable bonds is 4. The van der Waals surface area contributed by atoms with Crippen LogP contribution >= 0.6 is 11.6 Å². The lowest BCUT2D eigenvalue weighted by Gasteiger charge is -2.09. The Morgan fingerprint density at radius 2 is 2.11 bits per heavy atom. The number of carbonyl (C=O) groups excluding carboxylic acids is 2. The Morgan fingerprint density at radius 1 is 1.44 bits per heavy atom. The van der Waals surface area contributed by atoms with Crippen LogP contribution in [0.1, 0.15) is 10.4 Å². The number of halogens is 3. The highest BCUT2D eigenvalue weighted by Gasteiger charge is 2.18. The fourth-order valence-corrected chi connectivity index (χ4v) is 1.33. The molecule has 7 heteroatoms. The van der Waals surface area contributed by atoms with Gasteiger partial charge in [-0.3, -0.25) is 9.59 Å². The van der Waals surface area contributed by atoms with E-state index in [0.717, 1.165) is 25.3 Å². The van der Waals surface area contributed by atoms with Gasteiger partial charge in [-0.2, -0.15) is 0 Å². The highest BCUT2D eigenvalue weighted by molar-refractivity contribution is 6.30. The molecule has 0 saturated heterocycles. The van der Waals surface area contributed by atoms with Gasteiger partial charge in [0.25, 0.3) is 5.91 Å². The molecular weight excluding hydrogens is 268 g/mol. The van der Waals surface area contributed by atoms with Crippen molar-refractivity contribution in [3.8, 4) is 0 Å². The number of nitrogens with one attached hydrogen (secondary N) is 1. The molecule has 4 nitrogen and oxygen atoms in total. The number of esters is 1. The van der Waals surface area contributed by atoms with E-state index in [0.29, 0.717) is 0 Å².